The summed E-state index contributed by atoms with van der Waals surface area (Å²) in [6, 6.07) is 0. The van der Waals surface area contributed by atoms with Gasteiger partial charge >= 0.3 is 0 Å². The van der Waals surface area contributed by atoms with Crippen LogP contribution < -0.4 is 0 Å². The standard InChI is InChI=1S/C11H20O/c1-9(2)5-6-11(7-8-12)10(3)4/h5-6,10-12H,1,7-8H2,2-4H3. The Balaban J connectivity index is 4.03. The molecule has 0 aliphatic rings. The molecule has 0 fully saturated rings. The molecular weight excluding hydrogens is 148 g/mol. The van der Waals surface area contributed by atoms with Crippen LogP contribution in [0.15, 0.2) is 24.3 Å². The third-order valence-electron chi connectivity index (χ3n) is 1.95. The van der Waals surface area contributed by atoms with Crippen molar-refractivity contribution in [3.05, 3.63) is 24.3 Å². The summed E-state index contributed by atoms with van der Waals surface area (Å²) in [4.78, 5) is 0. The minimum absolute atomic E-state index is 0.267. The van der Waals surface area contributed by atoms with Crippen molar-refractivity contribution in [1.29, 1.82) is 0 Å². The van der Waals surface area contributed by atoms with Gasteiger partial charge in [-0.3, -0.25) is 0 Å². The molecular formula is C11H20O. The van der Waals surface area contributed by atoms with Crippen molar-refractivity contribution >= 4 is 0 Å². The number of aliphatic hydroxyl groups excluding tert-OH is 1. The molecule has 0 amide bonds. The van der Waals surface area contributed by atoms with Crippen molar-refractivity contribution in [3.8, 4) is 0 Å². The normalized spacial score (nSPS) is 14.1. The molecule has 0 aromatic carbocycles. The Kier molecular flexibility index (Phi) is 5.73. The van der Waals surface area contributed by atoms with Crippen molar-refractivity contribution in [2.75, 3.05) is 6.61 Å². The van der Waals surface area contributed by atoms with Gasteiger partial charge in [-0.15, -0.1) is 0 Å². The summed E-state index contributed by atoms with van der Waals surface area (Å²) in [5.41, 5.74) is 1.07. The molecule has 0 aliphatic heterocycles. The van der Waals surface area contributed by atoms with Crippen LogP contribution in [0.25, 0.3) is 0 Å². The Hall–Kier alpha value is -0.560. The molecule has 0 aromatic heterocycles. The van der Waals surface area contributed by atoms with Crippen LogP contribution in [0.1, 0.15) is 27.2 Å². The van der Waals surface area contributed by atoms with Crippen molar-refractivity contribution in [1.82, 2.24) is 0 Å². The van der Waals surface area contributed by atoms with Gasteiger partial charge in [-0.05, 0) is 25.2 Å². The molecule has 0 saturated heterocycles. The Labute approximate surface area is 75.8 Å². The second-order valence-electron chi connectivity index (χ2n) is 3.63. The van der Waals surface area contributed by atoms with Crippen LogP contribution in [-0.4, -0.2) is 11.7 Å². The third kappa shape index (κ3) is 5.14. The molecule has 0 aromatic rings. The number of hydrogen-bond donors (Lipinski definition) is 1. The first kappa shape index (κ1) is 11.4. The van der Waals surface area contributed by atoms with E-state index >= 15 is 0 Å². The van der Waals surface area contributed by atoms with Gasteiger partial charge in [0.1, 0.15) is 0 Å². The van der Waals surface area contributed by atoms with Crippen LogP contribution in [0.4, 0.5) is 0 Å². The van der Waals surface area contributed by atoms with Gasteiger partial charge in [0.05, 0.1) is 0 Å². The van der Waals surface area contributed by atoms with Crippen LogP contribution in [0.3, 0.4) is 0 Å². The lowest BCUT2D eigenvalue weighted by Gasteiger charge is -2.14. The molecule has 0 saturated carbocycles. The van der Waals surface area contributed by atoms with E-state index in [-0.39, 0.29) is 6.61 Å². The molecule has 0 aliphatic carbocycles. The summed E-state index contributed by atoms with van der Waals surface area (Å²) >= 11 is 0. The van der Waals surface area contributed by atoms with Crippen molar-refractivity contribution in [3.63, 3.8) is 0 Å². The van der Waals surface area contributed by atoms with Crippen LogP contribution in [0, 0.1) is 11.8 Å². The topological polar surface area (TPSA) is 20.2 Å². The Morgan fingerprint density at radius 3 is 2.42 bits per heavy atom. The van der Waals surface area contributed by atoms with E-state index in [2.05, 4.69) is 26.5 Å². The third-order valence-corrected chi connectivity index (χ3v) is 1.95. The maximum atomic E-state index is 8.79. The molecule has 0 spiro atoms. The van der Waals surface area contributed by atoms with E-state index in [1.165, 1.54) is 0 Å². The van der Waals surface area contributed by atoms with Gasteiger partial charge in [-0.2, -0.15) is 0 Å². The average molecular weight is 168 g/mol. The molecule has 1 heteroatoms. The monoisotopic (exact) mass is 168 g/mol. The van der Waals surface area contributed by atoms with Gasteiger partial charge in [0, 0.05) is 6.61 Å². The Bertz CT molecular complexity index is 156. The van der Waals surface area contributed by atoms with Gasteiger partial charge < -0.3 is 5.11 Å². The lowest BCUT2D eigenvalue weighted by atomic mass is 9.92. The zero-order chi connectivity index (χ0) is 9.56. The zero-order valence-corrected chi connectivity index (χ0v) is 8.38. The van der Waals surface area contributed by atoms with E-state index in [4.69, 9.17) is 5.11 Å². The minimum Gasteiger partial charge on any atom is -0.396 e. The highest BCUT2D eigenvalue weighted by atomic mass is 16.3. The van der Waals surface area contributed by atoms with Crippen LogP contribution in [-0.2, 0) is 0 Å². The van der Waals surface area contributed by atoms with Gasteiger partial charge in [0.15, 0.2) is 0 Å². The molecule has 0 heterocycles. The smallest absolute Gasteiger partial charge is 0.0436 e. The van der Waals surface area contributed by atoms with E-state index in [0.29, 0.717) is 11.8 Å². The quantitative estimate of drug-likeness (QED) is 0.626. The summed E-state index contributed by atoms with van der Waals surface area (Å²) in [6.07, 6.45) is 5.02. The first-order valence-electron chi connectivity index (χ1n) is 4.52. The fourth-order valence-electron chi connectivity index (χ4n) is 1.09. The molecule has 1 unspecified atom stereocenters. The number of rotatable bonds is 5. The number of aliphatic hydroxyl groups is 1. The molecule has 1 atom stereocenters. The second kappa shape index (κ2) is 6.01. The molecule has 12 heavy (non-hydrogen) atoms. The molecule has 0 rings (SSSR count). The molecule has 0 radical (unpaired) electrons. The van der Waals surface area contributed by atoms with E-state index < -0.39 is 0 Å². The molecule has 0 bridgehead atoms. The maximum absolute atomic E-state index is 8.79. The highest BCUT2D eigenvalue weighted by molar-refractivity contribution is 5.12. The highest BCUT2D eigenvalue weighted by Crippen LogP contribution is 2.16. The number of allylic oxidation sites excluding steroid dienone is 3. The summed E-state index contributed by atoms with van der Waals surface area (Å²) in [5, 5.41) is 8.79. The minimum atomic E-state index is 0.267. The van der Waals surface area contributed by atoms with Gasteiger partial charge in [0.2, 0.25) is 0 Å². The van der Waals surface area contributed by atoms with E-state index in [9.17, 15) is 0 Å². The Morgan fingerprint density at radius 1 is 1.50 bits per heavy atom. The number of hydrogen-bond acceptors (Lipinski definition) is 1. The lowest BCUT2D eigenvalue weighted by molar-refractivity contribution is 0.252. The van der Waals surface area contributed by atoms with Gasteiger partial charge in [0.25, 0.3) is 0 Å². The fraction of sp³-hybridized carbons (Fsp3) is 0.636. The van der Waals surface area contributed by atoms with Crippen molar-refractivity contribution < 1.29 is 5.11 Å². The van der Waals surface area contributed by atoms with Crippen LogP contribution >= 0.6 is 0 Å². The van der Waals surface area contributed by atoms with Gasteiger partial charge in [-0.1, -0.05) is 38.2 Å². The van der Waals surface area contributed by atoms with Gasteiger partial charge in [-0.25, -0.2) is 0 Å². The summed E-state index contributed by atoms with van der Waals surface area (Å²) in [7, 11) is 0. The van der Waals surface area contributed by atoms with E-state index in [1.54, 1.807) is 0 Å². The first-order chi connectivity index (χ1) is 5.57. The van der Waals surface area contributed by atoms with Crippen LogP contribution in [0.5, 0.6) is 0 Å². The lowest BCUT2D eigenvalue weighted by Crippen LogP contribution is -2.07. The predicted molar refractivity (Wildman–Crippen MR) is 54.0 cm³/mol. The Morgan fingerprint density at radius 2 is 2.08 bits per heavy atom. The van der Waals surface area contributed by atoms with E-state index in [1.807, 2.05) is 13.0 Å². The summed E-state index contributed by atoms with van der Waals surface area (Å²) < 4.78 is 0. The second-order valence-corrected chi connectivity index (χ2v) is 3.63. The molecule has 1 nitrogen and oxygen atoms in total. The fourth-order valence-corrected chi connectivity index (χ4v) is 1.09. The summed E-state index contributed by atoms with van der Waals surface area (Å²) in [5.74, 6) is 1.07. The first-order valence-corrected chi connectivity index (χ1v) is 4.52. The predicted octanol–water partition coefficient (Wildman–Crippen LogP) is 2.77. The maximum Gasteiger partial charge on any atom is 0.0436 e. The van der Waals surface area contributed by atoms with Crippen molar-refractivity contribution in [2.45, 2.75) is 27.2 Å². The average Bonchev–Trinajstić information content (AvgIpc) is 1.96. The molecule has 70 valence electrons. The van der Waals surface area contributed by atoms with Crippen LogP contribution in [0.2, 0.25) is 0 Å². The molecule has 1 N–H and O–H groups in total. The SMILES string of the molecule is C=C(C)C=CC(CCO)C(C)C. The van der Waals surface area contributed by atoms with Crippen molar-refractivity contribution in [2.24, 2.45) is 11.8 Å². The summed E-state index contributed by atoms with van der Waals surface area (Å²) in [6.45, 7) is 10.4. The highest BCUT2D eigenvalue weighted by Gasteiger charge is 2.07. The van der Waals surface area contributed by atoms with E-state index in [0.717, 1.165) is 12.0 Å². The zero-order valence-electron chi connectivity index (χ0n) is 8.38. The largest absolute Gasteiger partial charge is 0.396 e.